The number of ether oxygens (including phenoxy) is 1. The first-order valence-electron chi connectivity index (χ1n) is 6.79. The number of rotatable bonds is 2. The lowest BCUT2D eigenvalue weighted by Crippen LogP contribution is -2.07. The highest BCUT2D eigenvalue weighted by molar-refractivity contribution is 6.32. The van der Waals surface area contributed by atoms with Gasteiger partial charge in [0.25, 0.3) is 0 Å². The quantitative estimate of drug-likeness (QED) is 0.924. The number of methoxy groups -OCH3 is 1. The maximum absolute atomic E-state index is 6.38. The third-order valence-electron chi connectivity index (χ3n) is 4.02. The first kappa shape index (κ1) is 13.3. The van der Waals surface area contributed by atoms with Crippen molar-refractivity contribution in [1.82, 2.24) is 9.78 Å². The second-order valence-electron chi connectivity index (χ2n) is 5.18. The Bertz CT molecular complexity index is 664. The summed E-state index contributed by atoms with van der Waals surface area (Å²) in [5, 5.41) is 4.88. The van der Waals surface area contributed by atoms with E-state index in [-0.39, 0.29) is 0 Å². The number of anilines is 1. The van der Waals surface area contributed by atoms with E-state index in [1.807, 2.05) is 13.1 Å². The minimum atomic E-state index is 0.637. The Morgan fingerprint density at radius 1 is 1.35 bits per heavy atom. The molecule has 1 heterocycles. The van der Waals surface area contributed by atoms with Crippen molar-refractivity contribution < 1.29 is 4.74 Å². The van der Waals surface area contributed by atoms with Crippen LogP contribution >= 0.6 is 11.6 Å². The smallest absolute Gasteiger partial charge is 0.145 e. The van der Waals surface area contributed by atoms with Gasteiger partial charge in [0.2, 0.25) is 0 Å². The molecular weight excluding hydrogens is 274 g/mol. The number of nitrogens with zero attached hydrogens (tertiary/aromatic N) is 2. The number of halogens is 1. The molecule has 5 heteroatoms. The van der Waals surface area contributed by atoms with Crippen LogP contribution < -0.4 is 10.5 Å². The summed E-state index contributed by atoms with van der Waals surface area (Å²) in [6.07, 6.45) is 6.28. The Hall–Kier alpha value is -1.68. The van der Waals surface area contributed by atoms with Crippen molar-refractivity contribution >= 4 is 17.4 Å². The third kappa shape index (κ3) is 1.95. The fourth-order valence-corrected chi connectivity index (χ4v) is 3.28. The molecule has 0 spiro atoms. The van der Waals surface area contributed by atoms with Gasteiger partial charge in [-0.2, -0.15) is 5.10 Å². The molecule has 0 unspecified atom stereocenters. The van der Waals surface area contributed by atoms with E-state index >= 15 is 0 Å². The van der Waals surface area contributed by atoms with Crippen LogP contribution in [0.2, 0.25) is 5.02 Å². The lowest BCUT2D eigenvalue weighted by atomic mass is 9.85. The van der Waals surface area contributed by atoms with E-state index in [0.717, 1.165) is 24.0 Å². The molecule has 3 rings (SSSR count). The van der Waals surface area contributed by atoms with Gasteiger partial charge >= 0.3 is 0 Å². The number of hydrogen-bond acceptors (Lipinski definition) is 3. The minimum Gasteiger partial charge on any atom is -0.495 e. The molecule has 1 aliphatic carbocycles. The van der Waals surface area contributed by atoms with E-state index in [2.05, 4.69) is 5.10 Å². The SMILES string of the molecule is COc1c(Cl)cc2c(c1-c1cnn(C)c1N)CCCC2. The maximum atomic E-state index is 6.38. The molecule has 0 amide bonds. The average molecular weight is 292 g/mol. The number of aromatic nitrogens is 2. The minimum absolute atomic E-state index is 0.637. The van der Waals surface area contributed by atoms with Gasteiger partial charge in [0, 0.05) is 18.2 Å². The molecule has 0 bridgehead atoms. The predicted octanol–water partition coefficient (Wildman–Crippen LogP) is 3.21. The Morgan fingerprint density at radius 2 is 2.10 bits per heavy atom. The summed E-state index contributed by atoms with van der Waals surface area (Å²) in [4.78, 5) is 0. The van der Waals surface area contributed by atoms with Gasteiger partial charge in [0.1, 0.15) is 11.6 Å². The van der Waals surface area contributed by atoms with Crippen LogP contribution in [0.5, 0.6) is 5.75 Å². The van der Waals surface area contributed by atoms with Crippen molar-refractivity contribution in [3.05, 3.63) is 28.4 Å². The maximum Gasteiger partial charge on any atom is 0.145 e. The summed E-state index contributed by atoms with van der Waals surface area (Å²) in [5.41, 5.74) is 10.7. The zero-order chi connectivity index (χ0) is 14.3. The summed E-state index contributed by atoms with van der Waals surface area (Å²) < 4.78 is 7.21. The number of nitrogens with two attached hydrogens (primary N) is 1. The largest absolute Gasteiger partial charge is 0.495 e. The van der Waals surface area contributed by atoms with Crippen molar-refractivity contribution in [2.24, 2.45) is 7.05 Å². The molecule has 0 fully saturated rings. The third-order valence-corrected chi connectivity index (χ3v) is 4.30. The summed E-state index contributed by atoms with van der Waals surface area (Å²) in [6.45, 7) is 0. The standard InChI is InChI=1S/C15H18ClN3O/c1-19-15(17)11(8-18-19)13-10-6-4-3-5-9(10)7-12(16)14(13)20-2/h7-8H,3-6,17H2,1-2H3. The lowest BCUT2D eigenvalue weighted by molar-refractivity contribution is 0.415. The molecule has 4 nitrogen and oxygen atoms in total. The van der Waals surface area contributed by atoms with E-state index in [1.54, 1.807) is 18.0 Å². The molecule has 1 aliphatic rings. The van der Waals surface area contributed by atoms with E-state index in [1.165, 1.54) is 24.0 Å². The molecule has 0 radical (unpaired) electrons. The molecule has 106 valence electrons. The topological polar surface area (TPSA) is 53.1 Å². The summed E-state index contributed by atoms with van der Waals surface area (Å²) >= 11 is 6.38. The molecule has 2 N–H and O–H groups in total. The summed E-state index contributed by atoms with van der Waals surface area (Å²) in [6, 6.07) is 2.03. The number of benzene rings is 1. The van der Waals surface area contributed by atoms with Crippen LogP contribution in [-0.2, 0) is 19.9 Å². The highest BCUT2D eigenvalue weighted by atomic mass is 35.5. The molecular formula is C15H18ClN3O. The van der Waals surface area contributed by atoms with Crippen molar-refractivity contribution in [3.63, 3.8) is 0 Å². The van der Waals surface area contributed by atoms with E-state index in [4.69, 9.17) is 22.1 Å². The van der Waals surface area contributed by atoms with Crippen LogP contribution in [0.25, 0.3) is 11.1 Å². The first-order valence-corrected chi connectivity index (χ1v) is 7.17. The van der Waals surface area contributed by atoms with Crippen molar-refractivity contribution in [1.29, 1.82) is 0 Å². The normalized spacial score (nSPS) is 14.2. The molecule has 1 aromatic carbocycles. The van der Waals surface area contributed by atoms with Crippen LogP contribution in [-0.4, -0.2) is 16.9 Å². The fourth-order valence-electron chi connectivity index (χ4n) is 2.97. The predicted molar refractivity (Wildman–Crippen MR) is 81.3 cm³/mol. The van der Waals surface area contributed by atoms with Crippen molar-refractivity contribution in [2.75, 3.05) is 12.8 Å². The van der Waals surface area contributed by atoms with Gasteiger partial charge in [-0.3, -0.25) is 4.68 Å². The molecule has 20 heavy (non-hydrogen) atoms. The number of hydrogen-bond donors (Lipinski definition) is 1. The van der Waals surface area contributed by atoms with E-state index in [0.29, 0.717) is 16.6 Å². The zero-order valence-electron chi connectivity index (χ0n) is 11.7. The highest BCUT2D eigenvalue weighted by Crippen LogP contribution is 2.44. The first-order chi connectivity index (χ1) is 9.63. The van der Waals surface area contributed by atoms with Gasteiger partial charge in [0.15, 0.2) is 0 Å². The van der Waals surface area contributed by atoms with Gasteiger partial charge in [-0.25, -0.2) is 0 Å². The molecule has 0 saturated heterocycles. The number of fused-ring (bicyclic) bond motifs is 1. The Labute approximate surface area is 123 Å². The average Bonchev–Trinajstić information content (AvgIpc) is 2.77. The summed E-state index contributed by atoms with van der Waals surface area (Å²) in [5.74, 6) is 1.34. The monoisotopic (exact) mass is 291 g/mol. The molecule has 1 aromatic heterocycles. The second-order valence-corrected chi connectivity index (χ2v) is 5.59. The fraction of sp³-hybridized carbons (Fsp3) is 0.400. The van der Waals surface area contributed by atoms with Crippen molar-refractivity contribution in [3.8, 4) is 16.9 Å². The Morgan fingerprint density at radius 3 is 2.75 bits per heavy atom. The zero-order valence-corrected chi connectivity index (χ0v) is 12.5. The van der Waals surface area contributed by atoms with Gasteiger partial charge in [-0.1, -0.05) is 11.6 Å². The van der Waals surface area contributed by atoms with Gasteiger partial charge in [-0.15, -0.1) is 0 Å². The lowest BCUT2D eigenvalue weighted by Gasteiger charge is -2.22. The molecule has 2 aromatic rings. The van der Waals surface area contributed by atoms with E-state index < -0.39 is 0 Å². The number of aryl methyl sites for hydroxylation is 2. The second kappa shape index (κ2) is 5.02. The van der Waals surface area contributed by atoms with Crippen LogP contribution in [0.1, 0.15) is 24.0 Å². The van der Waals surface area contributed by atoms with Crippen molar-refractivity contribution in [2.45, 2.75) is 25.7 Å². The van der Waals surface area contributed by atoms with Crippen LogP contribution in [0.3, 0.4) is 0 Å². The molecule has 0 atom stereocenters. The van der Waals surface area contributed by atoms with Crippen LogP contribution in [0, 0.1) is 0 Å². The van der Waals surface area contributed by atoms with Gasteiger partial charge < -0.3 is 10.5 Å². The Kier molecular flexibility index (Phi) is 3.34. The molecule has 0 saturated carbocycles. The highest BCUT2D eigenvalue weighted by Gasteiger charge is 2.24. The number of nitrogen functional groups attached to an aromatic ring is 1. The Balaban J connectivity index is 2.32. The van der Waals surface area contributed by atoms with E-state index in [9.17, 15) is 0 Å². The summed E-state index contributed by atoms with van der Waals surface area (Å²) in [7, 11) is 3.48. The molecule has 0 aliphatic heterocycles. The van der Waals surface area contributed by atoms with Crippen LogP contribution in [0.15, 0.2) is 12.3 Å². The van der Waals surface area contributed by atoms with Gasteiger partial charge in [-0.05, 0) is 42.9 Å². The van der Waals surface area contributed by atoms with Gasteiger partial charge in [0.05, 0.1) is 18.3 Å². The van der Waals surface area contributed by atoms with Crippen LogP contribution in [0.4, 0.5) is 5.82 Å².